The molecule has 0 radical (unpaired) electrons. The Labute approximate surface area is 795 Å². The molecule has 130 heavy (non-hydrogen) atoms. The minimum absolute atomic E-state index is 0.531. The highest BCUT2D eigenvalue weighted by atomic mass is 79.9. The number of rotatable bonds is 12. The van der Waals surface area contributed by atoms with E-state index >= 15 is 0 Å². The monoisotopic (exact) mass is 2010 g/mol. The Bertz CT molecular complexity index is 7690. The lowest BCUT2D eigenvalue weighted by Gasteiger charge is -2.12. The lowest BCUT2D eigenvalue weighted by Crippen LogP contribution is -1.99. The number of halogens is 5. The first kappa shape index (κ1) is 85.0. The fourth-order valence-electron chi connectivity index (χ4n) is 15.2. The maximum absolute atomic E-state index is 5.04. The minimum Gasteiger partial charge on any atom is -0.228 e. The molecule has 0 aliphatic heterocycles. The van der Waals surface area contributed by atoms with E-state index in [9.17, 15) is 0 Å². The van der Waals surface area contributed by atoms with Gasteiger partial charge in [0.25, 0.3) is 0 Å². The number of aromatic nitrogens is 13. The van der Waals surface area contributed by atoms with Gasteiger partial charge in [0.15, 0.2) is 51.3 Å². The van der Waals surface area contributed by atoms with Crippen molar-refractivity contribution in [3.63, 3.8) is 0 Å². The molecule has 0 saturated carbocycles. The summed E-state index contributed by atoms with van der Waals surface area (Å²) in [6.07, 6.45) is 0. The highest BCUT2D eigenvalue weighted by Gasteiger charge is 2.19. The van der Waals surface area contributed by atoms with Crippen molar-refractivity contribution in [2.45, 2.75) is 0 Å². The molecule has 0 bridgehead atoms. The summed E-state index contributed by atoms with van der Waals surface area (Å²) in [5.41, 5.74) is 15.8. The van der Waals surface area contributed by atoms with Crippen LogP contribution < -0.4 is 0 Å². The Balaban J connectivity index is 0.000000106. The van der Waals surface area contributed by atoms with Crippen LogP contribution in [0.25, 0.3) is 199 Å². The van der Waals surface area contributed by atoms with Gasteiger partial charge in [0.1, 0.15) is 0 Å². The predicted octanol–water partition coefficient (Wildman–Crippen LogP) is 31.4. The van der Waals surface area contributed by atoms with Gasteiger partial charge >= 0.3 is 0 Å². The van der Waals surface area contributed by atoms with Gasteiger partial charge in [-0.2, -0.15) is 0 Å². The molecular formula is C111H70Br5N13S. The normalized spacial score (nSPS) is 11.0. The third-order valence-electron chi connectivity index (χ3n) is 21.5. The minimum atomic E-state index is 0.531. The van der Waals surface area contributed by atoms with Crippen molar-refractivity contribution in [3.8, 4) is 136 Å². The van der Waals surface area contributed by atoms with Crippen molar-refractivity contribution in [3.05, 3.63) is 448 Å². The van der Waals surface area contributed by atoms with Crippen LogP contribution in [0.4, 0.5) is 0 Å². The molecule has 0 amide bonds. The van der Waals surface area contributed by atoms with E-state index in [2.05, 4.69) is 332 Å². The lowest BCUT2D eigenvalue weighted by atomic mass is 9.98. The Hall–Kier alpha value is -14.4. The van der Waals surface area contributed by atoms with Crippen LogP contribution in [-0.4, -0.2) is 64.8 Å². The fourth-order valence-corrected chi connectivity index (χ4v) is 18.0. The Morgan fingerprint density at radius 1 is 0.154 bits per heavy atom. The first-order valence-corrected chi connectivity index (χ1v) is 46.4. The number of nitrogens with zero attached hydrogens (tertiary/aromatic N) is 13. The summed E-state index contributed by atoms with van der Waals surface area (Å²) in [6, 6.07) is 144. The van der Waals surface area contributed by atoms with Crippen LogP contribution >= 0.6 is 91.0 Å². The van der Waals surface area contributed by atoms with E-state index in [0.29, 0.717) is 60.8 Å². The second kappa shape index (κ2) is 39.9. The Morgan fingerprint density at radius 2 is 0.462 bits per heavy atom. The molecule has 6 aromatic heterocycles. The molecule has 13 nitrogen and oxygen atoms in total. The molecule has 23 aromatic rings. The topological polar surface area (TPSA) is 168 Å². The van der Waals surface area contributed by atoms with Gasteiger partial charge in [-0.1, -0.05) is 390 Å². The van der Waals surface area contributed by atoms with E-state index in [4.69, 9.17) is 24.9 Å². The lowest BCUT2D eigenvalue weighted by molar-refractivity contribution is 1.03. The smallest absolute Gasteiger partial charge is 0.200 e. The fraction of sp³-hybridized carbons (Fsp3) is 0. The zero-order valence-electron chi connectivity index (χ0n) is 69.0. The zero-order valence-corrected chi connectivity index (χ0v) is 77.8. The van der Waals surface area contributed by atoms with Crippen molar-refractivity contribution in [2.24, 2.45) is 0 Å². The molecule has 0 spiro atoms. The number of hydrogen-bond donors (Lipinski definition) is 0. The number of fused-ring (bicyclic) bond motifs is 7. The second-order valence-electron chi connectivity index (χ2n) is 30.0. The van der Waals surface area contributed by atoms with Gasteiger partial charge in [-0.3, -0.25) is 0 Å². The van der Waals surface area contributed by atoms with Gasteiger partial charge in [0.05, 0.1) is 22.8 Å². The van der Waals surface area contributed by atoms with Gasteiger partial charge < -0.3 is 0 Å². The first-order valence-electron chi connectivity index (χ1n) is 41.6. The van der Waals surface area contributed by atoms with E-state index in [1.54, 1.807) is 0 Å². The largest absolute Gasteiger partial charge is 0.228 e. The summed E-state index contributed by atoms with van der Waals surface area (Å²) >= 11 is 19.1. The SMILES string of the molecule is Brc1ccc(-c2nc(-c3ccccc3)nc(-c3ccccc3)n2)cc1.Brc1cccc(-c2nc(-c3cccc4ccccc34)cc(-c3cccc4ccccc34)n2)c1.Brc1nc(-c2ccc3ccccc3c2)nc(-c2ccc3ccccc3c2)n1.Brc1nc(-c2ccccc2)cc(-c2ccc3sc4ccccc4c3c2)n1.Brc1nc(-c2ccccc2)nc(-c2ccccc2)n1. The third kappa shape index (κ3) is 20.1. The number of thiophene rings is 1. The molecule has 620 valence electrons. The van der Waals surface area contributed by atoms with E-state index < -0.39 is 0 Å². The average Bonchev–Trinajstić information content (AvgIpc) is 1.41. The van der Waals surface area contributed by atoms with Crippen LogP contribution in [0.3, 0.4) is 0 Å². The quantitative estimate of drug-likeness (QED) is 0.106. The maximum Gasteiger partial charge on any atom is 0.200 e. The van der Waals surface area contributed by atoms with Crippen LogP contribution in [-0.2, 0) is 0 Å². The van der Waals surface area contributed by atoms with E-state index in [1.807, 2.05) is 224 Å². The van der Waals surface area contributed by atoms with E-state index in [-0.39, 0.29) is 0 Å². The van der Waals surface area contributed by atoms with Crippen molar-refractivity contribution in [1.29, 1.82) is 0 Å². The van der Waals surface area contributed by atoms with E-state index in [1.165, 1.54) is 63.3 Å². The van der Waals surface area contributed by atoms with Gasteiger partial charge in [-0.15, -0.1) is 11.3 Å². The highest BCUT2D eigenvalue weighted by molar-refractivity contribution is 9.11. The summed E-state index contributed by atoms with van der Waals surface area (Å²) in [5.74, 6) is 5.38. The molecule has 0 aliphatic rings. The van der Waals surface area contributed by atoms with Crippen LogP contribution in [0.2, 0.25) is 0 Å². The van der Waals surface area contributed by atoms with Crippen LogP contribution in [0.1, 0.15) is 0 Å². The van der Waals surface area contributed by atoms with Crippen LogP contribution in [0, 0.1) is 0 Å². The van der Waals surface area contributed by atoms with E-state index in [0.717, 1.165) is 98.5 Å². The standard InChI is InChI=1S/C30H19BrN2.C23H14BrN3.C22H13BrN2S.C21H14BrN3.C15H10BrN3/c31-23-13-5-12-22(18-23)30-32-28(26-16-6-10-20-8-1-3-14-24(20)26)19-29(33-30)27-17-7-11-21-9-2-4-15-25(21)27;24-23-26-21(19-11-9-15-5-1-3-7-17(15)13-19)25-22(27-23)20-12-10-16-6-2-4-8-18(16)14-20;23-22-24-18(14-6-2-1-3-7-14)13-19(25-22)15-10-11-21-17(12-15)16-8-4-5-9-20(16)26-21;22-18-13-11-17(12-14-18)21-24-19(15-7-3-1-4-8-15)23-20(25-21)16-9-5-2-6-10-16;16-15-18-13(11-7-3-1-4-8-11)17-14(19-15)12-9-5-2-6-10-12/h1-19H;1-14H;1-13H;1-14H;1-10H. The van der Waals surface area contributed by atoms with Gasteiger partial charge in [-0.25, -0.2) is 64.8 Å². The van der Waals surface area contributed by atoms with Gasteiger partial charge in [0.2, 0.25) is 9.47 Å². The Morgan fingerprint density at radius 3 is 0.923 bits per heavy atom. The van der Waals surface area contributed by atoms with Crippen molar-refractivity contribution < 1.29 is 0 Å². The molecule has 0 saturated heterocycles. The molecule has 23 rings (SSSR count). The molecule has 6 heterocycles. The molecule has 0 fully saturated rings. The van der Waals surface area contributed by atoms with Crippen molar-refractivity contribution in [1.82, 2.24) is 64.8 Å². The van der Waals surface area contributed by atoms with Crippen LogP contribution in [0.15, 0.2) is 448 Å². The summed E-state index contributed by atoms with van der Waals surface area (Å²) in [7, 11) is 0. The summed E-state index contributed by atoms with van der Waals surface area (Å²) in [5, 5.41) is 12.1. The summed E-state index contributed by atoms with van der Waals surface area (Å²) in [4.78, 5) is 60.2. The highest BCUT2D eigenvalue weighted by Crippen LogP contribution is 2.40. The number of benzene rings is 17. The van der Waals surface area contributed by atoms with Crippen molar-refractivity contribution >= 4 is 154 Å². The van der Waals surface area contributed by atoms with Gasteiger partial charge in [0, 0.05) is 95.9 Å². The summed E-state index contributed by atoms with van der Waals surface area (Å²) < 4.78 is 6.32. The average molecular weight is 2020 g/mol. The molecule has 0 aliphatic carbocycles. The number of hydrogen-bond acceptors (Lipinski definition) is 14. The maximum atomic E-state index is 5.04. The molecule has 0 N–H and O–H groups in total. The molecular weight excluding hydrogens is 1950 g/mol. The molecule has 19 heteroatoms. The van der Waals surface area contributed by atoms with Gasteiger partial charge in [-0.05, 0) is 158 Å². The zero-order chi connectivity index (χ0) is 88.1. The second-order valence-corrected chi connectivity index (χ2v) is 35.1. The third-order valence-corrected chi connectivity index (χ3v) is 24.7. The Kier molecular flexibility index (Phi) is 26.1. The predicted molar refractivity (Wildman–Crippen MR) is 550 cm³/mol. The van der Waals surface area contributed by atoms with Crippen LogP contribution in [0.5, 0.6) is 0 Å². The molecule has 17 aromatic carbocycles. The van der Waals surface area contributed by atoms with Crippen molar-refractivity contribution in [2.75, 3.05) is 0 Å². The summed E-state index contributed by atoms with van der Waals surface area (Å²) in [6.45, 7) is 0. The first-order chi connectivity index (χ1) is 63.9. The molecule has 0 unspecified atom stereocenters. The molecule has 0 atom stereocenters.